The molecule has 0 spiro atoms. The molecule has 1 aliphatic carbocycles. The smallest absolute Gasteiger partial charge is 0.460 e. The highest BCUT2D eigenvalue weighted by Crippen LogP contribution is 2.63. The van der Waals surface area contributed by atoms with Gasteiger partial charge in [0.05, 0.1) is 18.1 Å². The number of alkyl halides is 14. The number of hydrogen-bond acceptors (Lipinski definition) is 7. The zero-order valence-electron chi connectivity index (χ0n) is 16.2. The minimum absolute atomic E-state index is 0.0327. The summed E-state index contributed by atoms with van der Waals surface area (Å²) >= 11 is -2.18. The Morgan fingerprint density at radius 2 is 1.17 bits per heavy atom. The molecule has 21 heteroatoms. The van der Waals surface area contributed by atoms with E-state index in [1.807, 2.05) is 0 Å². The van der Waals surface area contributed by atoms with Gasteiger partial charge in [-0.3, -0.25) is 5.04 Å². The first-order valence-electron chi connectivity index (χ1n) is 8.65. The largest absolute Gasteiger partial charge is 0.691 e. The van der Waals surface area contributed by atoms with Crippen LogP contribution in [0.15, 0.2) is 0 Å². The van der Waals surface area contributed by atoms with Crippen LogP contribution in [-0.4, -0.2) is 64.1 Å². The molecule has 1 N–H and O–H groups in total. The fourth-order valence-electron chi connectivity index (χ4n) is 2.67. The van der Waals surface area contributed by atoms with Gasteiger partial charge in [-0.05, 0) is 19.3 Å². The molecule has 208 valence electrons. The van der Waals surface area contributed by atoms with Crippen molar-refractivity contribution < 1.29 is 90.7 Å². The van der Waals surface area contributed by atoms with Gasteiger partial charge in [0.1, 0.15) is 6.10 Å². The standard InChI is InChI=1S/C14H12F14O6S/c15-8(35-34-33-31,7(30)32-6-4-2-1-3-5(6)29)9(16,17)10(18,19)11(20,21)12(22,23)13(24,25)14(26,27)28/h5-6,29,31H,1-4H2/p-1. The Hall–Kier alpha value is -1.32. The van der Waals surface area contributed by atoms with Crippen LogP contribution >= 0.6 is 12.0 Å². The molecule has 1 fully saturated rings. The first kappa shape index (κ1) is 31.7. The molecule has 6 nitrogen and oxygen atoms in total. The maximum absolute atomic E-state index is 14.8. The van der Waals surface area contributed by atoms with E-state index in [0.29, 0.717) is 0 Å². The van der Waals surface area contributed by atoms with E-state index in [0.717, 1.165) is 0 Å². The normalized spacial score (nSPS) is 23.1. The number of carbonyl (C=O) groups excluding carboxylic acids is 1. The van der Waals surface area contributed by atoms with Crippen molar-refractivity contribution in [3.63, 3.8) is 0 Å². The van der Waals surface area contributed by atoms with Crippen LogP contribution in [0.4, 0.5) is 61.5 Å². The van der Waals surface area contributed by atoms with E-state index in [1.54, 1.807) is 0 Å². The molecule has 0 saturated heterocycles. The summed E-state index contributed by atoms with van der Waals surface area (Å²) in [6.07, 6.45) is -12.0. The van der Waals surface area contributed by atoms with Crippen LogP contribution in [0.5, 0.6) is 0 Å². The number of halogens is 14. The zero-order valence-corrected chi connectivity index (χ0v) is 17.0. The molecule has 0 radical (unpaired) electrons. The Morgan fingerprint density at radius 3 is 1.60 bits per heavy atom. The quantitative estimate of drug-likeness (QED) is 0.139. The summed E-state index contributed by atoms with van der Waals surface area (Å²) < 4.78 is 194. The number of esters is 1. The molecule has 1 rings (SSSR count). The van der Waals surface area contributed by atoms with Crippen molar-refractivity contribution in [1.29, 1.82) is 0 Å². The maximum Gasteiger partial charge on any atom is 0.460 e. The lowest BCUT2D eigenvalue weighted by atomic mass is 9.91. The fraction of sp³-hybridized carbons (Fsp3) is 0.929. The lowest BCUT2D eigenvalue weighted by Crippen LogP contribution is -2.73. The van der Waals surface area contributed by atoms with Gasteiger partial charge in [-0.1, -0.05) is 6.42 Å². The molecule has 1 saturated carbocycles. The van der Waals surface area contributed by atoms with Crippen LogP contribution in [0.2, 0.25) is 0 Å². The number of ether oxygens (including phenoxy) is 1. The Kier molecular flexibility index (Phi) is 8.93. The SMILES string of the molecule is O=C(OC1CCCCC1O)C(F)(SOO[O-])C(F)(F)C(F)(F)C(F)(F)C(F)(F)C(F)(F)C(F)(F)F. The lowest BCUT2D eigenvalue weighted by molar-refractivity contribution is -0.777. The maximum atomic E-state index is 14.8. The zero-order chi connectivity index (χ0) is 27.9. The van der Waals surface area contributed by atoms with E-state index in [9.17, 15) is 76.6 Å². The first-order valence-corrected chi connectivity index (χ1v) is 9.39. The summed E-state index contributed by atoms with van der Waals surface area (Å²) in [5.74, 6) is -44.2. The monoisotopic (exact) mass is 573 g/mol. The fourth-order valence-corrected chi connectivity index (χ4v) is 3.15. The van der Waals surface area contributed by atoms with Crippen LogP contribution in [0.25, 0.3) is 0 Å². The third-order valence-electron chi connectivity index (χ3n) is 4.70. The van der Waals surface area contributed by atoms with Crippen LogP contribution in [0.1, 0.15) is 25.7 Å². The van der Waals surface area contributed by atoms with Crippen molar-refractivity contribution >= 4 is 18.0 Å². The van der Waals surface area contributed by atoms with Crippen LogP contribution in [-0.2, 0) is 18.9 Å². The third-order valence-corrected chi connectivity index (χ3v) is 5.48. The van der Waals surface area contributed by atoms with Gasteiger partial charge >= 0.3 is 46.8 Å². The van der Waals surface area contributed by atoms with Gasteiger partial charge in [0, 0.05) is 0 Å². The van der Waals surface area contributed by atoms with Crippen LogP contribution < -0.4 is 5.26 Å². The molecule has 0 bridgehead atoms. The van der Waals surface area contributed by atoms with Crippen molar-refractivity contribution in [2.75, 3.05) is 0 Å². The molecule has 0 aromatic heterocycles. The van der Waals surface area contributed by atoms with Gasteiger partial charge in [0.2, 0.25) is 0 Å². The second-order valence-corrected chi connectivity index (χ2v) is 7.85. The average molecular weight is 573 g/mol. The average Bonchev–Trinajstić information content (AvgIpc) is 2.71. The second-order valence-electron chi connectivity index (χ2n) is 6.98. The van der Waals surface area contributed by atoms with Crippen molar-refractivity contribution in [2.45, 2.75) is 78.7 Å². The van der Waals surface area contributed by atoms with Gasteiger partial charge in [-0.25, -0.2) is 9.18 Å². The van der Waals surface area contributed by atoms with Gasteiger partial charge < -0.3 is 15.1 Å². The van der Waals surface area contributed by atoms with E-state index in [1.165, 1.54) is 0 Å². The second kappa shape index (κ2) is 9.86. The highest BCUT2D eigenvalue weighted by Gasteiger charge is 2.94. The third kappa shape index (κ3) is 4.97. The number of aliphatic hydroxyl groups excluding tert-OH is 1. The van der Waals surface area contributed by atoms with E-state index >= 15 is 0 Å². The Labute approximate surface area is 188 Å². The molecule has 35 heavy (non-hydrogen) atoms. The highest BCUT2D eigenvalue weighted by molar-refractivity contribution is 7.96. The number of aliphatic hydroxyl groups is 1. The highest BCUT2D eigenvalue weighted by atomic mass is 32.2. The van der Waals surface area contributed by atoms with E-state index < -0.39 is 77.4 Å². The van der Waals surface area contributed by atoms with Crippen molar-refractivity contribution in [2.24, 2.45) is 0 Å². The van der Waals surface area contributed by atoms with Crippen LogP contribution in [0.3, 0.4) is 0 Å². The molecule has 0 aromatic carbocycles. The summed E-state index contributed by atoms with van der Waals surface area (Å²) in [5, 5.41) is 15.4. The van der Waals surface area contributed by atoms with E-state index in [2.05, 4.69) is 14.1 Å². The number of rotatable bonds is 10. The predicted octanol–water partition coefficient (Wildman–Crippen LogP) is 4.11. The topological polar surface area (TPSA) is 88.1 Å². The summed E-state index contributed by atoms with van der Waals surface area (Å²) in [6.45, 7) is 0. The van der Waals surface area contributed by atoms with Crippen LogP contribution in [0, 0.1) is 0 Å². The minimum atomic E-state index is -8.43. The molecule has 0 aliphatic heterocycles. The molecular formula is C14H11F14O6S-. The minimum Gasteiger partial charge on any atom is -0.691 e. The Bertz CT molecular complexity index is 762. The molecule has 1 aliphatic rings. The summed E-state index contributed by atoms with van der Waals surface area (Å²) in [4.78, 5) is 11.9. The lowest BCUT2D eigenvalue weighted by Gasteiger charge is -2.42. The van der Waals surface area contributed by atoms with Crippen molar-refractivity contribution in [3.05, 3.63) is 0 Å². The molecule has 0 heterocycles. The van der Waals surface area contributed by atoms with E-state index in [-0.39, 0.29) is 19.3 Å². The number of hydrogen-bond donors (Lipinski definition) is 1. The van der Waals surface area contributed by atoms with Gasteiger partial charge in [0.25, 0.3) is 0 Å². The summed E-state index contributed by atoms with van der Waals surface area (Å²) in [5.41, 5.74) is 0. The molecule has 0 aromatic rings. The predicted molar refractivity (Wildman–Crippen MR) is 78.7 cm³/mol. The van der Waals surface area contributed by atoms with Gasteiger partial charge in [-0.2, -0.15) is 61.4 Å². The summed E-state index contributed by atoms with van der Waals surface area (Å²) in [7, 11) is 0. The van der Waals surface area contributed by atoms with Crippen molar-refractivity contribution in [3.8, 4) is 0 Å². The molecule has 3 atom stereocenters. The summed E-state index contributed by atoms with van der Waals surface area (Å²) in [6, 6.07) is 0. The molecule has 3 unspecified atom stereocenters. The Morgan fingerprint density at radius 1 is 0.743 bits per heavy atom. The Balaban J connectivity index is 3.58. The molecule has 0 amide bonds. The number of carbonyl (C=O) groups is 1. The van der Waals surface area contributed by atoms with Crippen molar-refractivity contribution in [1.82, 2.24) is 0 Å². The molecular weight excluding hydrogens is 562 g/mol. The van der Waals surface area contributed by atoms with Gasteiger partial charge in [-0.15, -0.1) is 0 Å². The first-order chi connectivity index (χ1) is 15.5. The van der Waals surface area contributed by atoms with E-state index in [4.69, 9.17) is 0 Å². The van der Waals surface area contributed by atoms with Gasteiger partial charge in [0.15, 0.2) is 0 Å².